The first-order chi connectivity index (χ1) is 9.98. The summed E-state index contributed by atoms with van der Waals surface area (Å²) in [5.74, 6) is 5.84. The zero-order valence-corrected chi connectivity index (χ0v) is 12.4. The number of hydrogen-bond donors (Lipinski definition) is 2. The predicted octanol–water partition coefficient (Wildman–Crippen LogP) is 2.32. The molecule has 0 spiro atoms. The fraction of sp³-hybridized carbons (Fsp3) is 0.462. The number of nitrogens with one attached hydrogen (secondary N) is 1. The number of anilines is 1. The van der Waals surface area contributed by atoms with E-state index in [0.717, 1.165) is 23.5 Å². The Kier molecular flexibility index (Phi) is 4.69. The average molecular weight is 311 g/mol. The Morgan fingerprint density at radius 2 is 2.24 bits per heavy atom. The number of benzene rings is 1. The first-order valence-corrected chi connectivity index (χ1v) is 7.42. The highest BCUT2D eigenvalue weighted by Crippen LogP contribution is 2.52. The molecule has 1 aromatic carbocycles. The third-order valence-corrected chi connectivity index (χ3v) is 4.84. The van der Waals surface area contributed by atoms with E-state index in [0.29, 0.717) is 12.1 Å². The number of hydrazine groups is 1. The maximum Gasteiger partial charge on any atom is 0.306 e. The molecule has 2 rings (SSSR count). The van der Waals surface area contributed by atoms with Gasteiger partial charge in [0.15, 0.2) is 0 Å². The molecule has 8 heteroatoms. The largest absolute Gasteiger partial charge is 0.469 e. The number of rotatable bonds is 7. The summed E-state index contributed by atoms with van der Waals surface area (Å²) >= 11 is 1.50. The highest BCUT2D eigenvalue weighted by molar-refractivity contribution is 7.99. The molecule has 0 unspecified atom stereocenters. The molecule has 21 heavy (non-hydrogen) atoms. The molecule has 0 aromatic heterocycles. The van der Waals surface area contributed by atoms with Crippen LogP contribution in [-0.2, 0) is 9.53 Å². The van der Waals surface area contributed by atoms with Crippen molar-refractivity contribution in [3.05, 3.63) is 28.3 Å². The van der Waals surface area contributed by atoms with Crippen molar-refractivity contribution in [1.82, 2.24) is 0 Å². The quantitative estimate of drug-likeness (QED) is 0.261. The molecule has 0 heterocycles. The Morgan fingerprint density at radius 3 is 2.76 bits per heavy atom. The van der Waals surface area contributed by atoms with Crippen LogP contribution in [0.3, 0.4) is 0 Å². The number of hydrogen-bond acceptors (Lipinski definition) is 7. The van der Waals surface area contributed by atoms with Crippen molar-refractivity contribution >= 4 is 29.1 Å². The number of nitrogens with two attached hydrogens (primary N) is 1. The molecule has 0 aliphatic heterocycles. The number of nitro groups is 1. The van der Waals surface area contributed by atoms with Crippen LogP contribution in [0.2, 0.25) is 0 Å². The van der Waals surface area contributed by atoms with Crippen LogP contribution in [0.5, 0.6) is 0 Å². The van der Waals surface area contributed by atoms with Gasteiger partial charge in [0.2, 0.25) is 0 Å². The van der Waals surface area contributed by atoms with Gasteiger partial charge in [0.25, 0.3) is 5.69 Å². The lowest BCUT2D eigenvalue weighted by Gasteiger charge is -2.13. The summed E-state index contributed by atoms with van der Waals surface area (Å²) in [6.45, 7) is 0. The van der Waals surface area contributed by atoms with Crippen molar-refractivity contribution in [3.63, 3.8) is 0 Å². The van der Waals surface area contributed by atoms with Crippen molar-refractivity contribution in [2.75, 3.05) is 18.3 Å². The molecule has 114 valence electrons. The highest BCUT2D eigenvalue weighted by Gasteiger charge is 2.44. The normalized spacial score (nSPS) is 15.3. The first kappa shape index (κ1) is 15.6. The van der Waals surface area contributed by atoms with Gasteiger partial charge >= 0.3 is 5.97 Å². The fourth-order valence-electron chi connectivity index (χ4n) is 2.02. The van der Waals surface area contributed by atoms with Crippen molar-refractivity contribution in [2.45, 2.75) is 24.2 Å². The van der Waals surface area contributed by atoms with E-state index < -0.39 is 4.92 Å². The summed E-state index contributed by atoms with van der Waals surface area (Å²) in [5, 5.41) is 10.9. The zero-order valence-electron chi connectivity index (χ0n) is 11.6. The van der Waals surface area contributed by atoms with Crippen LogP contribution in [0.15, 0.2) is 23.1 Å². The van der Waals surface area contributed by atoms with Crippen LogP contribution < -0.4 is 11.3 Å². The summed E-state index contributed by atoms with van der Waals surface area (Å²) in [7, 11) is 1.38. The van der Waals surface area contributed by atoms with E-state index in [4.69, 9.17) is 10.6 Å². The van der Waals surface area contributed by atoms with Gasteiger partial charge in [-0.15, -0.1) is 11.8 Å². The number of nitrogens with zero attached hydrogens (tertiary/aromatic N) is 1. The number of nitro benzene ring substituents is 1. The summed E-state index contributed by atoms with van der Waals surface area (Å²) in [4.78, 5) is 22.6. The lowest BCUT2D eigenvalue weighted by molar-refractivity contribution is -0.385. The topological polar surface area (TPSA) is 107 Å². The molecular formula is C13H17N3O4S. The Hall–Kier alpha value is -1.80. The zero-order chi connectivity index (χ0) is 15.5. The van der Waals surface area contributed by atoms with E-state index in [1.165, 1.54) is 31.0 Å². The van der Waals surface area contributed by atoms with Crippen LogP contribution in [0.1, 0.15) is 19.3 Å². The summed E-state index contributed by atoms with van der Waals surface area (Å²) < 4.78 is 4.70. The monoisotopic (exact) mass is 311 g/mol. The Balaban J connectivity index is 2.04. The number of methoxy groups -OCH3 is 1. The Labute approximate surface area is 126 Å². The second-order valence-corrected chi connectivity index (χ2v) is 6.21. The average Bonchev–Trinajstić information content (AvgIpc) is 3.24. The van der Waals surface area contributed by atoms with Crippen molar-refractivity contribution in [1.29, 1.82) is 0 Å². The van der Waals surface area contributed by atoms with E-state index >= 15 is 0 Å². The molecule has 0 saturated heterocycles. The molecule has 1 aliphatic carbocycles. The van der Waals surface area contributed by atoms with Gasteiger partial charge in [0.05, 0.1) is 24.1 Å². The van der Waals surface area contributed by atoms with Crippen LogP contribution in [0.25, 0.3) is 0 Å². The van der Waals surface area contributed by atoms with E-state index in [1.54, 1.807) is 6.07 Å². The third kappa shape index (κ3) is 4.08. The van der Waals surface area contributed by atoms with E-state index in [2.05, 4.69) is 5.43 Å². The fourth-order valence-corrected chi connectivity index (χ4v) is 3.30. The molecule has 0 amide bonds. The second-order valence-electron chi connectivity index (χ2n) is 5.16. The maximum atomic E-state index is 11.4. The van der Waals surface area contributed by atoms with Crippen LogP contribution >= 0.6 is 11.8 Å². The number of thioether (sulfide) groups is 1. The molecular weight excluding hydrogens is 294 g/mol. The number of non-ortho nitro benzene ring substituents is 1. The van der Waals surface area contributed by atoms with Gasteiger partial charge in [0, 0.05) is 22.8 Å². The number of nitrogen functional groups attached to an aromatic ring is 1. The minimum atomic E-state index is -0.452. The van der Waals surface area contributed by atoms with E-state index in [9.17, 15) is 14.9 Å². The minimum Gasteiger partial charge on any atom is -0.469 e. The van der Waals surface area contributed by atoms with Gasteiger partial charge in [-0.25, -0.2) is 0 Å². The Bertz CT molecular complexity index is 560. The second kappa shape index (κ2) is 6.31. The number of carbonyl (C=O) groups excluding carboxylic acids is 1. The van der Waals surface area contributed by atoms with E-state index in [1.807, 2.05) is 0 Å². The maximum absolute atomic E-state index is 11.4. The molecule has 0 radical (unpaired) electrons. The lowest BCUT2D eigenvalue weighted by Crippen LogP contribution is -2.13. The molecule has 0 atom stereocenters. The van der Waals surface area contributed by atoms with Crippen LogP contribution in [0, 0.1) is 15.5 Å². The van der Waals surface area contributed by atoms with Gasteiger partial charge in [0.1, 0.15) is 0 Å². The molecule has 1 fully saturated rings. The van der Waals surface area contributed by atoms with Gasteiger partial charge in [-0.3, -0.25) is 20.8 Å². The van der Waals surface area contributed by atoms with Gasteiger partial charge in [-0.2, -0.15) is 0 Å². The molecule has 7 nitrogen and oxygen atoms in total. The standard InChI is InChI=1S/C13H17N3O4S/c1-20-12(17)7-13(2-3-13)8-21-11-5-9(15-14)4-10(6-11)16(18)19/h4-6,15H,2-3,7-8,14H2,1H3. The van der Waals surface area contributed by atoms with Crippen molar-refractivity contribution < 1.29 is 14.5 Å². The third-order valence-electron chi connectivity index (χ3n) is 3.52. The molecule has 1 saturated carbocycles. The van der Waals surface area contributed by atoms with Gasteiger partial charge in [-0.05, 0) is 24.3 Å². The number of esters is 1. The van der Waals surface area contributed by atoms with Crippen molar-refractivity contribution in [2.24, 2.45) is 11.3 Å². The summed E-state index contributed by atoms with van der Waals surface area (Å²) in [6, 6.07) is 4.65. The van der Waals surface area contributed by atoms with Crippen LogP contribution in [0.4, 0.5) is 11.4 Å². The van der Waals surface area contributed by atoms with Crippen molar-refractivity contribution in [3.8, 4) is 0 Å². The SMILES string of the molecule is COC(=O)CC1(CSc2cc(NN)cc([N+](=O)[O-])c2)CC1. The molecule has 0 bridgehead atoms. The summed E-state index contributed by atoms with van der Waals surface area (Å²) in [5.41, 5.74) is 2.88. The molecule has 1 aliphatic rings. The smallest absolute Gasteiger partial charge is 0.306 e. The molecule has 1 aromatic rings. The Morgan fingerprint density at radius 1 is 1.52 bits per heavy atom. The summed E-state index contributed by atoms with van der Waals surface area (Å²) in [6.07, 6.45) is 2.35. The van der Waals surface area contributed by atoms with Gasteiger partial charge < -0.3 is 10.2 Å². The van der Waals surface area contributed by atoms with Gasteiger partial charge in [-0.1, -0.05) is 0 Å². The lowest BCUT2D eigenvalue weighted by atomic mass is 10.1. The first-order valence-electron chi connectivity index (χ1n) is 6.44. The van der Waals surface area contributed by atoms with Crippen LogP contribution in [-0.4, -0.2) is 23.8 Å². The molecule has 3 N–H and O–H groups in total. The van der Waals surface area contributed by atoms with E-state index in [-0.39, 0.29) is 17.1 Å². The highest BCUT2D eigenvalue weighted by atomic mass is 32.2. The number of carbonyl (C=O) groups is 1. The predicted molar refractivity (Wildman–Crippen MR) is 79.9 cm³/mol. The number of ether oxygens (including phenoxy) is 1. The minimum absolute atomic E-state index is 0.00855.